The molecule has 3 aromatic carbocycles. The summed E-state index contributed by atoms with van der Waals surface area (Å²) >= 11 is 0. The maximum atomic E-state index is 11.9. The second kappa shape index (κ2) is 9.26. The fourth-order valence-corrected chi connectivity index (χ4v) is 3.32. The van der Waals surface area contributed by atoms with Gasteiger partial charge in [-0.05, 0) is 59.5 Å². The predicted octanol–water partition coefficient (Wildman–Crippen LogP) is 2.56. The monoisotopic (exact) mass is 416 g/mol. The fraction of sp³-hybridized carbons (Fsp3) is 0.160. The summed E-state index contributed by atoms with van der Waals surface area (Å²) < 4.78 is 5.65. The van der Waals surface area contributed by atoms with E-state index in [9.17, 15) is 24.6 Å². The molecule has 0 spiro atoms. The maximum absolute atomic E-state index is 11.9. The number of carboxylic acid groups (broad SMARTS) is 2. The van der Waals surface area contributed by atoms with E-state index in [1.54, 1.807) is 0 Å². The summed E-state index contributed by atoms with van der Waals surface area (Å²) in [6.07, 6.45) is 0.454. The quantitative estimate of drug-likeness (QED) is 0.523. The fourth-order valence-electron chi connectivity index (χ4n) is 3.32. The predicted molar refractivity (Wildman–Crippen MR) is 111 cm³/mol. The van der Waals surface area contributed by atoms with Crippen LogP contribution in [0.4, 0.5) is 0 Å². The van der Waals surface area contributed by atoms with Crippen molar-refractivity contribution in [3.05, 3.63) is 88.5 Å². The zero-order valence-corrected chi connectivity index (χ0v) is 17.1. The Hall–Kier alpha value is -3.93. The van der Waals surface area contributed by atoms with Crippen molar-refractivity contribution in [2.75, 3.05) is 0 Å². The molecule has 0 amide bonds. The van der Waals surface area contributed by atoms with Gasteiger partial charge in [0.1, 0.15) is 12.4 Å². The Labute approximate surface area is 179 Å². The number of carbonyl (C=O) groups excluding carboxylic acids is 3. The van der Waals surface area contributed by atoms with Gasteiger partial charge in [0.05, 0.1) is 11.9 Å². The summed E-state index contributed by atoms with van der Waals surface area (Å²) in [6, 6.07) is 16.9. The summed E-state index contributed by atoms with van der Waals surface area (Å²) in [6.45, 7) is 3.93. The maximum Gasteiger partial charge on any atom is 0.162 e. The van der Waals surface area contributed by atoms with Crippen LogP contribution in [0.25, 0.3) is 11.1 Å². The Balaban J connectivity index is 1.81. The van der Waals surface area contributed by atoms with E-state index in [2.05, 4.69) is 0 Å². The van der Waals surface area contributed by atoms with Crippen molar-refractivity contribution in [2.24, 2.45) is 0 Å². The first-order valence-electron chi connectivity index (χ1n) is 9.73. The smallest absolute Gasteiger partial charge is 0.162 e. The van der Waals surface area contributed by atoms with Crippen LogP contribution in [-0.4, -0.2) is 17.7 Å². The molecule has 3 aromatic rings. The molecular formula is C25H20O6-2. The van der Waals surface area contributed by atoms with Gasteiger partial charge in [-0.15, -0.1) is 0 Å². The van der Waals surface area contributed by atoms with Crippen molar-refractivity contribution >= 4 is 17.7 Å². The Morgan fingerprint density at radius 2 is 1.61 bits per heavy atom. The van der Waals surface area contributed by atoms with Gasteiger partial charge in [-0.25, -0.2) is 0 Å². The molecule has 0 atom stereocenters. The molecule has 0 bridgehead atoms. The van der Waals surface area contributed by atoms with Crippen molar-refractivity contribution in [3.8, 4) is 16.9 Å². The van der Waals surface area contributed by atoms with Crippen molar-refractivity contribution in [2.45, 2.75) is 26.9 Å². The first kappa shape index (κ1) is 21.8. The summed E-state index contributed by atoms with van der Waals surface area (Å²) in [5.41, 5.74) is 3.49. The van der Waals surface area contributed by atoms with E-state index in [-0.39, 0.29) is 18.1 Å². The van der Waals surface area contributed by atoms with E-state index >= 15 is 0 Å². The average molecular weight is 416 g/mol. The number of carboxylic acids is 2. The standard InChI is InChI=1S/C25H22O6/c1-3-23(26)18-7-9-20(15(2)11-18)17-6-4-5-16(12-17)14-31-19-8-10-21(24(27)28)22(13-19)25(29)30/h4-13H,3,14H2,1-2H3,(H,27,28)(H,29,30)/p-2. The third kappa shape index (κ3) is 4.98. The van der Waals surface area contributed by atoms with Crippen LogP contribution in [0.5, 0.6) is 5.75 Å². The van der Waals surface area contributed by atoms with E-state index in [1.807, 2.05) is 56.3 Å². The number of aryl methyl sites for hydroxylation is 1. The molecule has 0 aliphatic rings. The molecule has 0 unspecified atom stereocenters. The minimum atomic E-state index is -1.62. The van der Waals surface area contributed by atoms with Gasteiger partial charge in [0.25, 0.3) is 0 Å². The van der Waals surface area contributed by atoms with Crippen molar-refractivity contribution in [1.29, 1.82) is 0 Å². The van der Waals surface area contributed by atoms with Crippen molar-refractivity contribution < 1.29 is 29.3 Å². The van der Waals surface area contributed by atoms with E-state index < -0.39 is 23.1 Å². The van der Waals surface area contributed by atoms with Crippen LogP contribution in [0.3, 0.4) is 0 Å². The van der Waals surface area contributed by atoms with Gasteiger partial charge in [-0.1, -0.05) is 37.3 Å². The minimum Gasteiger partial charge on any atom is -0.545 e. The normalized spacial score (nSPS) is 10.5. The lowest BCUT2D eigenvalue weighted by atomic mass is 9.96. The summed E-state index contributed by atoms with van der Waals surface area (Å²) in [7, 11) is 0. The second-order valence-electron chi connectivity index (χ2n) is 7.08. The highest BCUT2D eigenvalue weighted by atomic mass is 16.5. The van der Waals surface area contributed by atoms with Gasteiger partial charge < -0.3 is 24.5 Å². The molecule has 6 nitrogen and oxygen atoms in total. The number of hydrogen-bond acceptors (Lipinski definition) is 6. The van der Waals surface area contributed by atoms with E-state index in [4.69, 9.17) is 4.74 Å². The second-order valence-corrected chi connectivity index (χ2v) is 7.08. The van der Waals surface area contributed by atoms with Crippen LogP contribution in [0.15, 0.2) is 60.7 Å². The van der Waals surface area contributed by atoms with Crippen LogP contribution in [0.2, 0.25) is 0 Å². The molecule has 0 aromatic heterocycles. The van der Waals surface area contributed by atoms with Crippen LogP contribution in [-0.2, 0) is 6.61 Å². The molecule has 158 valence electrons. The number of Topliss-reactive ketones (excluding diaryl/α,β-unsaturated/α-hetero) is 1. The Bertz CT molecular complexity index is 1160. The molecule has 0 aliphatic carbocycles. The number of ketones is 1. The SMILES string of the molecule is CCC(=O)c1ccc(-c2cccc(COc3ccc(C(=O)[O-])c(C(=O)[O-])c3)c2)c(C)c1. The molecule has 6 heteroatoms. The largest absolute Gasteiger partial charge is 0.545 e. The third-order valence-electron chi connectivity index (χ3n) is 4.94. The third-order valence-corrected chi connectivity index (χ3v) is 4.94. The van der Waals surface area contributed by atoms with Crippen LogP contribution < -0.4 is 14.9 Å². The van der Waals surface area contributed by atoms with Gasteiger partial charge >= 0.3 is 0 Å². The van der Waals surface area contributed by atoms with Gasteiger partial charge in [-0.3, -0.25) is 4.79 Å². The number of benzene rings is 3. The lowest BCUT2D eigenvalue weighted by Crippen LogP contribution is -2.30. The van der Waals surface area contributed by atoms with Crippen molar-refractivity contribution in [3.63, 3.8) is 0 Å². The topological polar surface area (TPSA) is 107 Å². The number of rotatable bonds is 8. The highest BCUT2D eigenvalue weighted by Crippen LogP contribution is 2.26. The highest BCUT2D eigenvalue weighted by molar-refractivity contribution is 6.00. The molecule has 0 aliphatic heterocycles. The molecule has 0 saturated carbocycles. The number of aromatic carboxylic acids is 2. The first-order chi connectivity index (χ1) is 14.8. The molecular weight excluding hydrogens is 396 g/mol. The molecule has 31 heavy (non-hydrogen) atoms. The Morgan fingerprint density at radius 3 is 2.26 bits per heavy atom. The lowest BCUT2D eigenvalue weighted by molar-refractivity contribution is -0.259. The van der Waals surface area contributed by atoms with Gasteiger partial charge in [0.15, 0.2) is 5.78 Å². The molecule has 0 radical (unpaired) electrons. The average Bonchev–Trinajstić information content (AvgIpc) is 2.76. The summed E-state index contributed by atoms with van der Waals surface area (Å²) in [4.78, 5) is 34.1. The van der Waals surface area contributed by atoms with E-state index in [0.29, 0.717) is 12.0 Å². The van der Waals surface area contributed by atoms with Crippen LogP contribution in [0.1, 0.15) is 55.5 Å². The molecule has 0 N–H and O–H groups in total. The van der Waals surface area contributed by atoms with Crippen molar-refractivity contribution in [1.82, 2.24) is 0 Å². The number of carbonyl (C=O) groups is 3. The number of ether oxygens (including phenoxy) is 1. The van der Waals surface area contributed by atoms with Gasteiger partial charge in [0, 0.05) is 23.1 Å². The molecule has 0 heterocycles. The lowest BCUT2D eigenvalue weighted by Gasteiger charge is -2.14. The van der Waals surface area contributed by atoms with Crippen LogP contribution in [0, 0.1) is 6.92 Å². The zero-order chi connectivity index (χ0) is 22.5. The number of hydrogen-bond donors (Lipinski definition) is 0. The summed E-state index contributed by atoms with van der Waals surface area (Å²) in [5, 5.41) is 22.2. The molecule has 0 fully saturated rings. The van der Waals surface area contributed by atoms with Crippen LogP contribution >= 0.6 is 0 Å². The minimum absolute atomic E-state index is 0.0948. The summed E-state index contributed by atoms with van der Waals surface area (Å²) in [5.74, 6) is -2.92. The van der Waals surface area contributed by atoms with E-state index in [0.717, 1.165) is 34.4 Å². The zero-order valence-electron chi connectivity index (χ0n) is 17.1. The van der Waals surface area contributed by atoms with Gasteiger partial charge in [0.2, 0.25) is 0 Å². The molecule has 3 rings (SSSR count). The van der Waals surface area contributed by atoms with E-state index in [1.165, 1.54) is 6.07 Å². The Kier molecular flexibility index (Phi) is 6.50. The highest BCUT2D eigenvalue weighted by Gasteiger charge is 2.10. The first-order valence-corrected chi connectivity index (χ1v) is 9.73. The van der Waals surface area contributed by atoms with Gasteiger partial charge in [-0.2, -0.15) is 0 Å². The Morgan fingerprint density at radius 1 is 0.871 bits per heavy atom. The molecule has 0 saturated heterocycles.